The van der Waals surface area contributed by atoms with Gasteiger partial charge >= 0.3 is 0 Å². The quantitative estimate of drug-likeness (QED) is 0.524. The molecule has 1 rings (SSSR count). The Labute approximate surface area is 95.5 Å². The summed E-state index contributed by atoms with van der Waals surface area (Å²) in [6, 6.07) is 0. The lowest BCUT2D eigenvalue weighted by Crippen LogP contribution is -2.00. The standard InChI is InChI=1S/C8H11IN2OS/c1-6(2-3-12)13-8-7(9)4-10-5-11-8/h4-6,12H,2-3H2,1H3. The van der Waals surface area contributed by atoms with Crippen molar-refractivity contribution in [1.82, 2.24) is 9.97 Å². The van der Waals surface area contributed by atoms with Crippen molar-refractivity contribution in [3.63, 3.8) is 0 Å². The van der Waals surface area contributed by atoms with Crippen molar-refractivity contribution in [1.29, 1.82) is 0 Å². The predicted molar refractivity (Wildman–Crippen MR) is 61.8 cm³/mol. The molecule has 1 aromatic rings. The molecule has 0 saturated carbocycles. The molecule has 1 N–H and O–H groups in total. The van der Waals surface area contributed by atoms with Gasteiger partial charge in [0.2, 0.25) is 0 Å². The van der Waals surface area contributed by atoms with Gasteiger partial charge in [0.25, 0.3) is 0 Å². The number of hydrogen-bond acceptors (Lipinski definition) is 4. The van der Waals surface area contributed by atoms with Crippen molar-refractivity contribution in [3.05, 3.63) is 16.1 Å². The van der Waals surface area contributed by atoms with E-state index in [4.69, 9.17) is 5.11 Å². The molecular weight excluding hydrogens is 299 g/mol. The number of hydrogen-bond donors (Lipinski definition) is 1. The molecule has 0 bridgehead atoms. The average Bonchev–Trinajstić information content (AvgIpc) is 2.09. The number of aliphatic hydroxyl groups is 1. The van der Waals surface area contributed by atoms with Crippen LogP contribution in [0.15, 0.2) is 17.6 Å². The van der Waals surface area contributed by atoms with Crippen molar-refractivity contribution >= 4 is 34.4 Å². The van der Waals surface area contributed by atoms with Gasteiger partial charge in [0, 0.05) is 18.1 Å². The Morgan fingerprint density at radius 2 is 2.46 bits per heavy atom. The van der Waals surface area contributed by atoms with Gasteiger partial charge < -0.3 is 5.11 Å². The van der Waals surface area contributed by atoms with Crippen LogP contribution in [0.2, 0.25) is 0 Å². The lowest BCUT2D eigenvalue weighted by Gasteiger charge is -2.08. The van der Waals surface area contributed by atoms with Crippen LogP contribution >= 0.6 is 34.4 Å². The third kappa shape index (κ3) is 3.78. The van der Waals surface area contributed by atoms with Crippen LogP contribution in [-0.2, 0) is 0 Å². The Kier molecular flexibility index (Phi) is 4.97. The van der Waals surface area contributed by atoms with Crippen molar-refractivity contribution < 1.29 is 5.11 Å². The minimum absolute atomic E-state index is 0.232. The predicted octanol–water partition coefficient (Wildman–Crippen LogP) is 1.94. The Hall–Kier alpha value is 0.120. The van der Waals surface area contributed by atoms with Crippen LogP contribution in [0.3, 0.4) is 0 Å². The summed E-state index contributed by atoms with van der Waals surface area (Å²) in [5, 5.41) is 10.1. The SMILES string of the molecule is CC(CCO)Sc1ncncc1I. The van der Waals surface area contributed by atoms with E-state index in [0.29, 0.717) is 5.25 Å². The van der Waals surface area contributed by atoms with Gasteiger partial charge in [-0.25, -0.2) is 9.97 Å². The van der Waals surface area contributed by atoms with Crippen LogP contribution in [0.5, 0.6) is 0 Å². The molecule has 0 fully saturated rings. The first kappa shape index (κ1) is 11.2. The normalized spacial score (nSPS) is 12.8. The van der Waals surface area contributed by atoms with Gasteiger partial charge in [-0.05, 0) is 29.0 Å². The first-order valence-corrected chi connectivity index (χ1v) is 5.93. The van der Waals surface area contributed by atoms with Crippen molar-refractivity contribution in [2.45, 2.75) is 23.6 Å². The fraction of sp³-hybridized carbons (Fsp3) is 0.500. The van der Waals surface area contributed by atoms with Gasteiger partial charge in [-0.2, -0.15) is 0 Å². The Morgan fingerprint density at radius 1 is 1.69 bits per heavy atom. The fourth-order valence-electron chi connectivity index (χ4n) is 0.819. The van der Waals surface area contributed by atoms with Crippen molar-refractivity contribution in [2.24, 2.45) is 0 Å². The maximum Gasteiger partial charge on any atom is 0.116 e. The summed E-state index contributed by atoms with van der Waals surface area (Å²) in [6.07, 6.45) is 4.14. The van der Waals surface area contributed by atoms with E-state index in [-0.39, 0.29) is 6.61 Å². The zero-order valence-corrected chi connectivity index (χ0v) is 10.2. The highest BCUT2D eigenvalue weighted by Crippen LogP contribution is 2.26. The second kappa shape index (κ2) is 5.77. The van der Waals surface area contributed by atoms with E-state index in [1.807, 2.05) is 0 Å². The average molecular weight is 310 g/mol. The van der Waals surface area contributed by atoms with E-state index in [1.165, 1.54) is 0 Å². The Morgan fingerprint density at radius 3 is 3.08 bits per heavy atom. The smallest absolute Gasteiger partial charge is 0.116 e. The summed E-state index contributed by atoms with van der Waals surface area (Å²) in [4.78, 5) is 8.08. The molecule has 0 spiro atoms. The third-order valence-electron chi connectivity index (χ3n) is 1.48. The molecule has 13 heavy (non-hydrogen) atoms. The van der Waals surface area contributed by atoms with Crippen LogP contribution in [0.4, 0.5) is 0 Å². The molecule has 0 aliphatic rings. The second-order valence-corrected chi connectivity index (χ2v) is 5.21. The highest BCUT2D eigenvalue weighted by Gasteiger charge is 2.07. The van der Waals surface area contributed by atoms with Crippen LogP contribution in [0.25, 0.3) is 0 Å². The van der Waals surface area contributed by atoms with E-state index in [0.717, 1.165) is 15.0 Å². The van der Waals surface area contributed by atoms with E-state index in [2.05, 4.69) is 39.5 Å². The monoisotopic (exact) mass is 310 g/mol. The molecule has 3 nitrogen and oxygen atoms in total. The third-order valence-corrected chi connectivity index (χ3v) is 3.82. The number of aliphatic hydroxyl groups excluding tert-OH is 1. The maximum atomic E-state index is 8.74. The van der Waals surface area contributed by atoms with Gasteiger partial charge in [0.15, 0.2) is 0 Å². The second-order valence-electron chi connectivity index (χ2n) is 2.62. The highest BCUT2D eigenvalue weighted by atomic mass is 127. The molecule has 1 heterocycles. The summed E-state index contributed by atoms with van der Waals surface area (Å²) in [6.45, 7) is 2.31. The fourth-order valence-corrected chi connectivity index (χ4v) is 2.38. The molecule has 0 amide bonds. The molecule has 0 radical (unpaired) electrons. The van der Waals surface area contributed by atoms with Crippen molar-refractivity contribution in [3.8, 4) is 0 Å². The zero-order valence-electron chi connectivity index (χ0n) is 7.27. The lowest BCUT2D eigenvalue weighted by atomic mass is 10.3. The van der Waals surface area contributed by atoms with Gasteiger partial charge in [0.05, 0.1) is 3.57 Å². The molecular formula is C8H11IN2OS. The summed E-state index contributed by atoms with van der Waals surface area (Å²) in [5.74, 6) is 0. The molecule has 1 unspecified atom stereocenters. The number of halogens is 1. The van der Waals surface area contributed by atoms with Crippen LogP contribution in [0, 0.1) is 3.57 Å². The first-order chi connectivity index (χ1) is 6.24. The van der Waals surface area contributed by atoms with Gasteiger partial charge in [-0.1, -0.05) is 6.92 Å². The summed E-state index contributed by atoms with van der Waals surface area (Å²) >= 11 is 3.89. The molecule has 72 valence electrons. The van der Waals surface area contributed by atoms with Crippen molar-refractivity contribution in [2.75, 3.05) is 6.61 Å². The van der Waals surface area contributed by atoms with E-state index in [1.54, 1.807) is 24.3 Å². The minimum atomic E-state index is 0.232. The molecule has 0 aliphatic heterocycles. The number of rotatable bonds is 4. The highest BCUT2D eigenvalue weighted by molar-refractivity contribution is 14.1. The molecule has 0 saturated heterocycles. The molecule has 0 aromatic carbocycles. The molecule has 0 aliphatic carbocycles. The Balaban J connectivity index is 2.58. The van der Waals surface area contributed by atoms with E-state index < -0.39 is 0 Å². The lowest BCUT2D eigenvalue weighted by molar-refractivity contribution is 0.289. The van der Waals surface area contributed by atoms with Crippen LogP contribution in [-0.4, -0.2) is 26.9 Å². The zero-order chi connectivity index (χ0) is 9.68. The van der Waals surface area contributed by atoms with E-state index >= 15 is 0 Å². The van der Waals surface area contributed by atoms with Gasteiger partial charge in [-0.3, -0.25) is 0 Å². The molecule has 5 heteroatoms. The minimum Gasteiger partial charge on any atom is -0.396 e. The summed E-state index contributed by atoms with van der Waals surface area (Å²) in [7, 11) is 0. The summed E-state index contributed by atoms with van der Waals surface area (Å²) in [5.41, 5.74) is 0. The largest absolute Gasteiger partial charge is 0.396 e. The van der Waals surface area contributed by atoms with Crippen LogP contribution < -0.4 is 0 Å². The molecule has 1 atom stereocenters. The Bertz CT molecular complexity index is 272. The number of nitrogens with zero attached hydrogens (tertiary/aromatic N) is 2. The van der Waals surface area contributed by atoms with Crippen LogP contribution in [0.1, 0.15) is 13.3 Å². The number of thioether (sulfide) groups is 1. The summed E-state index contributed by atoms with van der Waals surface area (Å²) < 4.78 is 1.06. The topological polar surface area (TPSA) is 46.0 Å². The number of aromatic nitrogens is 2. The van der Waals surface area contributed by atoms with E-state index in [9.17, 15) is 0 Å². The van der Waals surface area contributed by atoms with Gasteiger partial charge in [-0.15, -0.1) is 11.8 Å². The first-order valence-electron chi connectivity index (χ1n) is 3.97. The molecule has 1 aromatic heterocycles. The maximum absolute atomic E-state index is 8.74. The van der Waals surface area contributed by atoms with Gasteiger partial charge in [0.1, 0.15) is 11.4 Å².